The van der Waals surface area contributed by atoms with Crippen molar-refractivity contribution in [2.75, 3.05) is 13.1 Å². The highest BCUT2D eigenvalue weighted by atomic mass is 32.1. The van der Waals surface area contributed by atoms with Crippen LogP contribution in [0.1, 0.15) is 21.7 Å². The SMILES string of the molecule is O=C(c1sccc1-c1ccccc1)N1CC=C(c2c[nH]c3ncccc23)CC1. The van der Waals surface area contributed by atoms with Gasteiger partial charge in [0.25, 0.3) is 5.91 Å². The lowest BCUT2D eigenvalue weighted by Gasteiger charge is -2.26. The van der Waals surface area contributed by atoms with E-state index in [4.69, 9.17) is 0 Å². The van der Waals surface area contributed by atoms with Crippen molar-refractivity contribution in [2.24, 2.45) is 0 Å². The summed E-state index contributed by atoms with van der Waals surface area (Å²) < 4.78 is 0. The van der Waals surface area contributed by atoms with E-state index in [1.165, 1.54) is 22.5 Å². The van der Waals surface area contributed by atoms with Gasteiger partial charge in [0.15, 0.2) is 0 Å². The van der Waals surface area contributed by atoms with Crippen LogP contribution in [-0.2, 0) is 0 Å². The fourth-order valence-electron chi connectivity index (χ4n) is 3.78. The molecule has 138 valence electrons. The Morgan fingerprint density at radius 1 is 1.07 bits per heavy atom. The maximum atomic E-state index is 13.2. The van der Waals surface area contributed by atoms with Crippen LogP contribution in [0.3, 0.4) is 0 Å². The molecule has 0 saturated heterocycles. The number of thiophene rings is 1. The predicted molar refractivity (Wildman–Crippen MR) is 114 cm³/mol. The highest BCUT2D eigenvalue weighted by Crippen LogP contribution is 2.32. The molecule has 0 bridgehead atoms. The average Bonchev–Trinajstić information content (AvgIpc) is 3.41. The van der Waals surface area contributed by atoms with E-state index >= 15 is 0 Å². The lowest BCUT2D eigenvalue weighted by Crippen LogP contribution is -2.34. The Kier molecular flexibility index (Phi) is 4.29. The van der Waals surface area contributed by atoms with Crippen LogP contribution in [0.4, 0.5) is 0 Å². The monoisotopic (exact) mass is 385 g/mol. The zero-order valence-electron chi connectivity index (χ0n) is 15.3. The zero-order chi connectivity index (χ0) is 18.9. The van der Waals surface area contributed by atoms with Gasteiger partial charge in [-0.15, -0.1) is 11.3 Å². The molecule has 1 aliphatic rings. The molecule has 1 N–H and O–H groups in total. The maximum Gasteiger partial charge on any atom is 0.264 e. The van der Waals surface area contributed by atoms with Crippen LogP contribution in [-0.4, -0.2) is 33.9 Å². The van der Waals surface area contributed by atoms with Gasteiger partial charge < -0.3 is 9.88 Å². The Hall–Kier alpha value is -3.18. The Labute approximate surface area is 167 Å². The van der Waals surface area contributed by atoms with Crippen molar-refractivity contribution in [1.82, 2.24) is 14.9 Å². The topological polar surface area (TPSA) is 49.0 Å². The third-order valence-electron chi connectivity index (χ3n) is 5.24. The molecule has 0 spiro atoms. The van der Waals surface area contributed by atoms with Crippen LogP contribution in [0.5, 0.6) is 0 Å². The normalized spacial score (nSPS) is 14.3. The number of H-pyrrole nitrogens is 1. The number of nitrogens with one attached hydrogen (secondary N) is 1. The summed E-state index contributed by atoms with van der Waals surface area (Å²) in [6.45, 7) is 1.36. The minimum absolute atomic E-state index is 0.116. The minimum atomic E-state index is 0.116. The molecule has 0 radical (unpaired) electrons. The number of aromatic nitrogens is 2. The number of rotatable bonds is 3. The van der Waals surface area contributed by atoms with E-state index in [2.05, 4.69) is 34.2 Å². The summed E-state index contributed by atoms with van der Waals surface area (Å²) in [5.74, 6) is 0.116. The molecule has 28 heavy (non-hydrogen) atoms. The van der Waals surface area contributed by atoms with Crippen molar-refractivity contribution in [2.45, 2.75) is 6.42 Å². The Bertz CT molecular complexity index is 1170. The van der Waals surface area contributed by atoms with Crippen molar-refractivity contribution < 1.29 is 4.79 Å². The lowest BCUT2D eigenvalue weighted by atomic mass is 9.99. The first kappa shape index (κ1) is 17.0. The number of aromatic amines is 1. The first-order chi connectivity index (χ1) is 13.8. The lowest BCUT2D eigenvalue weighted by molar-refractivity contribution is 0.0778. The third kappa shape index (κ3) is 2.94. The van der Waals surface area contributed by atoms with Gasteiger partial charge in [-0.05, 0) is 41.1 Å². The molecule has 4 aromatic rings. The summed E-state index contributed by atoms with van der Waals surface area (Å²) in [7, 11) is 0. The fourth-order valence-corrected chi connectivity index (χ4v) is 4.67. The average molecular weight is 385 g/mol. The number of nitrogens with zero attached hydrogens (tertiary/aromatic N) is 2. The van der Waals surface area contributed by atoms with Crippen molar-refractivity contribution in [3.63, 3.8) is 0 Å². The Balaban J connectivity index is 1.39. The standard InChI is InChI=1S/C23H19N3OS/c27-23(21-18(10-14-28-21)16-5-2-1-3-6-16)26-12-8-17(9-13-26)20-15-25-22-19(20)7-4-11-24-22/h1-8,10-11,14-15H,9,12-13H2,(H,24,25). The molecule has 4 heterocycles. The molecule has 0 saturated carbocycles. The number of benzene rings is 1. The summed E-state index contributed by atoms with van der Waals surface area (Å²) >= 11 is 1.52. The largest absolute Gasteiger partial charge is 0.346 e. The predicted octanol–water partition coefficient (Wildman–Crippen LogP) is 5.22. The molecule has 0 aliphatic carbocycles. The van der Waals surface area contributed by atoms with Crippen LogP contribution in [0, 0.1) is 0 Å². The molecule has 1 aliphatic heterocycles. The third-order valence-corrected chi connectivity index (χ3v) is 6.14. The van der Waals surface area contributed by atoms with Gasteiger partial charge in [0.2, 0.25) is 0 Å². The van der Waals surface area contributed by atoms with Gasteiger partial charge in [-0.2, -0.15) is 0 Å². The molecular formula is C23H19N3OS. The number of hydrogen-bond donors (Lipinski definition) is 1. The molecule has 3 aromatic heterocycles. The number of carbonyl (C=O) groups excluding carboxylic acids is 1. The van der Waals surface area contributed by atoms with Crippen LogP contribution in [0.25, 0.3) is 27.7 Å². The summed E-state index contributed by atoms with van der Waals surface area (Å²) in [4.78, 5) is 23.5. The molecule has 5 rings (SSSR count). The summed E-state index contributed by atoms with van der Waals surface area (Å²) in [5, 5.41) is 3.14. The van der Waals surface area contributed by atoms with E-state index in [0.29, 0.717) is 6.54 Å². The summed E-state index contributed by atoms with van der Waals surface area (Å²) in [6.07, 6.45) is 6.84. The van der Waals surface area contributed by atoms with E-state index < -0.39 is 0 Å². The van der Waals surface area contributed by atoms with Gasteiger partial charge in [0.05, 0.1) is 4.88 Å². The Morgan fingerprint density at radius 2 is 1.96 bits per heavy atom. The van der Waals surface area contributed by atoms with Gasteiger partial charge in [0.1, 0.15) is 5.65 Å². The van der Waals surface area contributed by atoms with Crippen molar-refractivity contribution in [3.8, 4) is 11.1 Å². The second-order valence-corrected chi connectivity index (χ2v) is 7.78. The van der Waals surface area contributed by atoms with Gasteiger partial charge >= 0.3 is 0 Å². The van der Waals surface area contributed by atoms with E-state index in [1.807, 2.05) is 46.8 Å². The number of hydrogen-bond acceptors (Lipinski definition) is 3. The number of fused-ring (bicyclic) bond motifs is 1. The molecule has 4 nitrogen and oxygen atoms in total. The minimum Gasteiger partial charge on any atom is -0.346 e. The van der Waals surface area contributed by atoms with Crippen molar-refractivity contribution in [3.05, 3.63) is 82.8 Å². The van der Waals surface area contributed by atoms with Crippen LogP contribution < -0.4 is 0 Å². The van der Waals surface area contributed by atoms with Crippen LogP contribution >= 0.6 is 11.3 Å². The quantitative estimate of drug-likeness (QED) is 0.525. The highest BCUT2D eigenvalue weighted by Gasteiger charge is 2.23. The smallest absolute Gasteiger partial charge is 0.264 e. The number of amides is 1. The molecule has 0 atom stereocenters. The molecule has 1 amide bonds. The summed E-state index contributed by atoms with van der Waals surface area (Å²) in [5.41, 5.74) is 5.48. The van der Waals surface area contributed by atoms with E-state index in [9.17, 15) is 4.79 Å². The highest BCUT2D eigenvalue weighted by molar-refractivity contribution is 7.12. The van der Waals surface area contributed by atoms with E-state index in [-0.39, 0.29) is 5.91 Å². The number of carbonyl (C=O) groups is 1. The van der Waals surface area contributed by atoms with E-state index in [1.54, 1.807) is 6.20 Å². The second-order valence-electron chi connectivity index (χ2n) is 6.86. The fraction of sp³-hybridized carbons (Fsp3) is 0.130. The van der Waals surface area contributed by atoms with Crippen LogP contribution in [0.2, 0.25) is 0 Å². The van der Waals surface area contributed by atoms with Gasteiger partial charge in [0, 0.05) is 42.0 Å². The second kappa shape index (κ2) is 7.09. The van der Waals surface area contributed by atoms with Gasteiger partial charge in [-0.25, -0.2) is 4.98 Å². The molecular weight excluding hydrogens is 366 g/mol. The van der Waals surface area contributed by atoms with Gasteiger partial charge in [-0.1, -0.05) is 36.4 Å². The molecule has 5 heteroatoms. The van der Waals surface area contributed by atoms with Gasteiger partial charge in [-0.3, -0.25) is 4.79 Å². The molecule has 0 fully saturated rings. The maximum absolute atomic E-state index is 13.2. The number of pyridine rings is 1. The van der Waals surface area contributed by atoms with Crippen molar-refractivity contribution >= 4 is 33.9 Å². The first-order valence-corrected chi connectivity index (χ1v) is 10.2. The molecule has 0 unspecified atom stereocenters. The van der Waals surface area contributed by atoms with E-state index in [0.717, 1.165) is 40.0 Å². The first-order valence-electron chi connectivity index (χ1n) is 9.35. The zero-order valence-corrected chi connectivity index (χ0v) is 16.1. The summed E-state index contributed by atoms with van der Waals surface area (Å²) in [6, 6.07) is 16.2. The van der Waals surface area contributed by atoms with Crippen molar-refractivity contribution in [1.29, 1.82) is 0 Å². The van der Waals surface area contributed by atoms with Crippen LogP contribution in [0.15, 0.2) is 72.4 Å². The Morgan fingerprint density at radius 3 is 2.79 bits per heavy atom. The molecule has 1 aromatic carbocycles.